The number of carbonyl (C=O) groups excluding carboxylic acids is 5. The number of halogens is 1. The molecule has 12 nitrogen and oxygen atoms in total. The van der Waals surface area contributed by atoms with Gasteiger partial charge in [-0.05, 0) is 48.7 Å². The average Bonchev–Trinajstić information content (AvgIpc) is 2.92. The normalized spacial score (nSPS) is 22.7. The van der Waals surface area contributed by atoms with E-state index in [0.717, 1.165) is 40.2 Å². The molecule has 44 heavy (non-hydrogen) atoms. The molecule has 2 aromatic carbocycles. The number of esters is 5. The van der Waals surface area contributed by atoms with Gasteiger partial charge in [0.1, 0.15) is 18.5 Å². The van der Waals surface area contributed by atoms with Gasteiger partial charge in [0, 0.05) is 45.2 Å². The first-order chi connectivity index (χ1) is 20.7. The lowest BCUT2D eigenvalue weighted by Crippen LogP contribution is -2.67. The fraction of sp³-hybridized carbons (Fsp3) is 0.452. The zero-order chi connectivity index (χ0) is 32.6. The summed E-state index contributed by atoms with van der Waals surface area (Å²) in [6.45, 7) is 7.44. The molecule has 1 saturated heterocycles. The summed E-state index contributed by atoms with van der Waals surface area (Å²) in [6.07, 6.45) is -5.74. The molecule has 13 heteroatoms. The average molecular weight is 635 g/mol. The second kappa shape index (κ2) is 15.0. The second-order valence-corrected chi connectivity index (χ2v) is 10.4. The minimum absolute atomic E-state index is 0.149. The Bertz CT molecular complexity index is 1370. The molecule has 0 aromatic heterocycles. The van der Waals surface area contributed by atoms with E-state index in [9.17, 15) is 24.0 Å². The van der Waals surface area contributed by atoms with Gasteiger partial charge in [-0.3, -0.25) is 24.0 Å². The zero-order valence-electron chi connectivity index (χ0n) is 25.2. The van der Waals surface area contributed by atoms with Crippen molar-refractivity contribution in [1.29, 1.82) is 0 Å². The van der Waals surface area contributed by atoms with Crippen LogP contribution in [-0.4, -0.2) is 67.5 Å². The van der Waals surface area contributed by atoms with Crippen molar-refractivity contribution in [2.45, 2.75) is 78.2 Å². The second-order valence-electron chi connectivity index (χ2n) is 9.96. The van der Waals surface area contributed by atoms with Gasteiger partial charge in [0.2, 0.25) is 6.10 Å². The van der Waals surface area contributed by atoms with Crippen LogP contribution in [0.2, 0.25) is 5.02 Å². The molecule has 0 saturated carbocycles. The van der Waals surface area contributed by atoms with Crippen LogP contribution in [0.3, 0.4) is 0 Å². The van der Waals surface area contributed by atoms with Gasteiger partial charge in [-0.2, -0.15) is 0 Å². The van der Waals surface area contributed by atoms with Gasteiger partial charge < -0.3 is 33.2 Å². The van der Waals surface area contributed by atoms with Crippen LogP contribution in [0.5, 0.6) is 5.75 Å². The summed E-state index contributed by atoms with van der Waals surface area (Å²) in [4.78, 5) is 61.3. The number of rotatable bonds is 11. The fourth-order valence-corrected chi connectivity index (χ4v) is 5.05. The molecular formula is C31H35ClO12. The van der Waals surface area contributed by atoms with E-state index in [1.807, 2.05) is 31.2 Å². The van der Waals surface area contributed by atoms with Crippen LogP contribution in [0, 0.1) is 0 Å². The third kappa shape index (κ3) is 8.70. The molecule has 0 radical (unpaired) electrons. The van der Waals surface area contributed by atoms with E-state index in [1.165, 1.54) is 6.07 Å². The number of carbonyl (C=O) groups is 5. The summed E-state index contributed by atoms with van der Waals surface area (Å²) in [5.74, 6) is -5.61. The lowest BCUT2D eigenvalue weighted by Gasteiger charge is -2.50. The van der Waals surface area contributed by atoms with Gasteiger partial charge in [0.05, 0.1) is 6.61 Å². The van der Waals surface area contributed by atoms with Gasteiger partial charge in [-0.15, -0.1) is 0 Å². The number of benzene rings is 2. The summed E-state index contributed by atoms with van der Waals surface area (Å²) < 4.78 is 39.4. The Balaban J connectivity index is 2.23. The summed E-state index contributed by atoms with van der Waals surface area (Å²) in [6, 6.07) is 12.0. The molecule has 5 atom stereocenters. The minimum Gasteiger partial charge on any atom is -0.494 e. The maximum atomic E-state index is 12.7. The molecular weight excluding hydrogens is 600 g/mol. The topological polar surface area (TPSA) is 150 Å². The Morgan fingerprint density at radius 2 is 1.41 bits per heavy atom. The van der Waals surface area contributed by atoms with Crippen molar-refractivity contribution in [3.8, 4) is 5.75 Å². The Morgan fingerprint density at radius 3 is 1.95 bits per heavy atom. The number of hydrogen-bond donors (Lipinski definition) is 0. The van der Waals surface area contributed by atoms with Crippen LogP contribution in [0.4, 0.5) is 0 Å². The third-order valence-electron chi connectivity index (χ3n) is 6.41. The predicted octanol–water partition coefficient (Wildman–Crippen LogP) is 3.80. The van der Waals surface area contributed by atoms with Gasteiger partial charge in [0.15, 0.2) is 12.2 Å². The van der Waals surface area contributed by atoms with Crippen LogP contribution in [0.1, 0.15) is 58.2 Å². The molecule has 3 rings (SSSR count). The first kappa shape index (κ1) is 34.3. The van der Waals surface area contributed by atoms with Gasteiger partial charge in [-0.1, -0.05) is 29.8 Å². The minimum atomic E-state index is -2.28. The highest BCUT2D eigenvalue weighted by molar-refractivity contribution is 6.31. The van der Waals surface area contributed by atoms with E-state index in [1.54, 1.807) is 12.1 Å². The van der Waals surface area contributed by atoms with E-state index >= 15 is 0 Å². The standard InChI is InChI=1S/C31H35ClO12/c1-7-38-25-11-8-22(9-12-25)14-23-15-24(10-13-26(23)32)31(43-21(6)37)30(42-20(5)36)29(41-19(4)35)28(40-18(3)34)27(44-31)16-39-17(2)33/h8-13,15,27-30H,7,14,16H2,1-6H3/t27-,28-,29+,30-,31?/m1/s1. The molecule has 1 fully saturated rings. The summed E-state index contributed by atoms with van der Waals surface area (Å²) in [5.41, 5.74) is 1.60. The van der Waals surface area contributed by atoms with Gasteiger partial charge in [0.25, 0.3) is 5.79 Å². The lowest BCUT2D eigenvalue weighted by molar-refractivity contribution is -0.361. The van der Waals surface area contributed by atoms with Crippen molar-refractivity contribution in [1.82, 2.24) is 0 Å². The molecule has 0 aliphatic carbocycles. The van der Waals surface area contributed by atoms with Crippen molar-refractivity contribution in [2.24, 2.45) is 0 Å². The van der Waals surface area contributed by atoms with E-state index in [4.69, 9.17) is 44.8 Å². The maximum Gasteiger partial charge on any atom is 0.305 e. The molecule has 1 unspecified atom stereocenters. The molecule has 2 aromatic rings. The first-order valence-electron chi connectivity index (χ1n) is 13.8. The molecule has 1 aliphatic heterocycles. The van der Waals surface area contributed by atoms with Crippen LogP contribution in [0.15, 0.2) is 42.5 Å². The fourth-order valence-electron chi connectivity index (χ4n) is 4.87. The number of ether oxygens (including phenoxy) is 7. The Morgan fingerprint density at radius 1 is 0.795 bits per heavy atom. The smallest absolute Gasteiger partial charge is 0.305 e. The molecule has 238 valence electrons. The highest BCUT2D eigenvalue weighted by Crippen LogP contribution is 2.44. The van der Waals surface area contributed by atoms with Crippen molar-refractivity contribution in [3.05, 3.63) is 64.2 Å². The molecule has 0 N–H and O–H groups in total. The SMILES string of the molecule is CCOc1ccc(Cc2cc(C3(OC(C)=O)O[C@H](COC(C)=O)[C@@H](OC(C)=O)[C@H](OC(C)=O)[C@H]3OC(C)=O)ccc2Cl)cc1. The highest BCUT2D eigenvalue weighted by atomic mass is 35.5. The van der Waals surface area contributed by atoms with E-state index in [-0.39, 0.29) is 5.56 Å². The van der Waals surface area contributed by atoms with Crippen LogP contribution < -0.4 is 4.74 Å². The summed E-state index contributed by atoms with van der Waals surface area (Å²) >= 11 is 6.59. The monoisotopic (exact) mass is 634 g/mol. The lowest BCUT2D eigenvalue weighted by atomic mass is 9.86. The maximum absolute atomic E-state index is 12.7. The van der Waals surface area contributed by atoms with Crippen molar-refractivity contribution in [3.63, 3.8) is 0 Å². The molecule has 0 spiro atoms. The summed E-state index contributed by atoms with van der Waals surface area (Å²) in [5, 5.41) is 0.367. The molecule has 1 aliphatic rings. The largest absolute Gasteiger partial charge is 0.494 e. The van der Waals surface area contributed by atoms with Crippen LogP contribution in [0.25, 0.3) is 0 Å². The van der Waals surface area contributed by atoms with Crippen molar-refractivity contribution >= 4 is 41.4 Å². The molecule has 0 bridgehead atoms. The summed E-state index contributed by atoms with van der Waals surface area (Å²) in [7, 11) is 0. The van der Waals surface area contributed by atoms with Crippen LogP contribution in [-0.2, 0) is 64.6 Å². The molecule has 1 heterocycles. The van der Waals surface area contributed by atoms with Gasteiger partial charge in [-0.25, -0.2) is 0 Å². The quantitative estimate of drug-likeness (QED) is 0.261. The Hall–Kier alpha value is -4.16. The number of hydrogen-bond acceptors (Lipinski definition) is 12. The van der Waals surface area contributed by atoms with E-state index < -0.39 is 66.7 Å². The van der Waals surface area contributed by atoms with Crippen molar-refractivity contribution in [2.75, 3.05) is 13.2 Å². The van der Waals surface area contributed by atoms with Crippen molar-refractivity contribution < 1.29 is 57.1 Å². The highest BCUT2D eigenvalue weighted by Gasteiger charge is 2.63. The Kier molecular flexibility index (Phi) is 11.7. The third-order valence-corrected chi connectivity index (χ3v) is 6.78. The zero-order valence-corrected chi connectivity index (χ0v) is 26.0. The van der Waals surface area contributed by atoms with Gasteiger partial charge >= 0.3 is 29.8 Å². The van der Waals surface area contributed by atoms with Crippen LogP contribution >= 0.6 is 11.6 Å². The van der Waals surface area contributed by atoms with E-state index in [0.29, 0.717) is 29.4 Å². The van der Waals surface area contributed by atoms with E-state index in [2.05, 4.69) is 0 Å². The molecule has 0 amide bonds. The predicted molar refractivity (Wildman–Crippen MR) is 153 cm³/mol. The first-order valence-corrected chi connectivity index (χ1v) is 14.2. The Labute approximate surface area is 259 Å².